The number of hydrogen-bond acceptors (Lipinski definition) is 5. The van der Waals surface area contributed by atoms with Gasteiger partial charge in [-0.2, -0.15) is 0 Å². The molecule has 1 heterocycles. The van der Waals surface area contributed by atoms with Crippen molar-refractivity contribution in [2.24, 2.45) is 0 Å². The van der Waals surface area contributed by atoms with Crippen LogP contribution in [0.5, 0.6) is 17.2 Å². The number of benzene rings is 2. The summed E-state index contributed by atoms with van der Waals surface area (Å²) in [7, 11) is 4.67. The van der Waals surface area contributed by atoms with E-state index in [2.05, 4.69) is 5.32 Å². The lowest BCUT2D eigenvalue weighted by atomic mass is 10.1. The van der Waals surface area contributed by atoms with Crippen molar-refractivity contribution in [3.8, 4) is 17.2 Å². The SMILES string of the molecule is COc1cc(OC)c(OC)cc1CNC(=O)c1cc2ccccc2o1. The first kappa shape index (κ1) is 16.7. The highest BCUT2D eigenvalue weighted by Crippen LogP contribution is 2.34. The first-order chi connectivity index (χ1) is 12.2. The minimum atomic E-state index is -0.298. The largest absolute Gasteiger partial charge is 0.496 e. The molecule has 0 spiro atoms. The highest BCUT2D eigenvalue weighted by atomic mass is 16.5. The van der Waals surface area contributed by atoms with Gasteiger partial charge >= 0.3 is 0 Å². The van der Waals surface area contributed by atoms with E-state index >= 15 is 0 Å². The van der Waals surface area contributed by atoms with E-state index in [1.54, 1.807) is 39.5 Å². The van der Waals surface area contributed by atoms with E-state index in [1.807, 2.05) is 24.3 Å². The third-order valence-corrected chi connectivity index (χ3v) is 3.88. The molecule has 3 aromatic rings. The summed E-state index contributed by atoms with van der Waals surface area (Å²) in [4.78, 5) is 12.4. The van der Waals surface area contributed by atoms with Gasteiger partial charge in [-0.15, -0.1) is 0 Å². The van der Waals surface area contributed by atoms with Gasteiger partial charge in [-0.1, -0.05) is 18.2 Å². The number of nitrogens with one attached hydrogen (secondary N) is 1. The Morgan fingerprint density at radius 2 is 1.64 bits per heavy atom. The van der Waals surface area contributed by atoms with Crippen molar-refractivity contribution >= 4 is 16.9 Å². The van der Waals surface area contributed by atoms with E-state index in [9.17, 15) is 4.79 Å². The molecular formula is C19H19NO5. The van der Waals surface area contributed by atoms with Crippen molar-refractivity contribution in [3.63, 3.8) is 0 Å². The highest BCUT2D eigenvalue weighted by molar-refractivity contribution is 5.96. The molecule has 0 fully saturated rings. The number of amides is 1. The fraction of sp³-hybridized carbons (Fsp3) is 0.211. The average Bonchev–Trinajstić information content (AvgIpc) is 3.09. The Balaban J connectivity index is 1.79. The summed E-state index contributed by atoms with van der Waals surface area (Å²) in [6.45, 7) is 0.263. The van der Waals surface area contributed by atoms with E-state index in [0.29, 0.717) is 22.8 Å². The molecule has 0 aliphatic heterocycles. The summed E-state index contributed by atoms with van der Waals surface area (Å²) in [5.74, 6) is 1.69. The van der Waals surface area contributed by atoms with Gasteiger partial charge in [-0.25, -0.2) is 0 Å². The molecule has 0 saturated carbocycles. The topological polar surface area (TPSA) is 69.9 Å². The summed E-state index contributed by atoms with van der Waals surface area (Å²) in [5, 5.41) is 3.72. The number of carbonyl (C=O) groups excluding carboxylic acids is 1. The van der Waals surface area contributed by atoms with Crippen LogP contribution in [0.15, 0.2) is 46.9 Å². The molecule has 0 unspecified atom stereocenters. The van der Waals surface area contributed by atoms with Gasteiger partial charge < -0.3 is 23.9 Å². The summed E-state index contributed by atoms with van der Waals surface area (Å²) in [5.41, 5.74) is 1.45. The van der Waals surface area contributed by atoms with E-state index in [4.69, 9.17) is 18.6 Å². The maximum absolute atomic E-state index is 12.4. The molecule has 3 rings (SSSR count). The number of fused-ring (bicyclic) bond motifs is 1. The third kappa shape index (κ3) is 3.38. The number of ether oxygens (including phenoxy) is 3. The Labute approximate surface area is 145 Å². The lowest BCUT2D eigenvalue weighted by molar-refractivity contribution is 0.0925. The van der Waals surface area contributed by atoms with Crippen LogP contribution >= 0.6 is 0 Å². The van der Waals surface area contributed by atoms with E-state index in [1.165, 1.54) is 0 Å². The predicted octanol–water partition coefficient (Wildman–Crippen LogP) is 3.39. The molecule has 2 aromatic carbocycles. The normalized spacial score (nSPS) is 10.5. The molecular weight excluding hydrogens is 322 g/mol. The molecule has 0 radical (unpaired) electrons. The van der Waals surface area contributed by atoms with Gasteiger partial charge in [0.2, 0.25) is 0 Å². The van der Waals surface area contributed by atoms with Crippen LogP contribution in [0.25, 0.3) is 11.0 Å². The number of para-hydroxylation sites is 1. The van der Waals surface area contributed by atoms with Crippen LogP contribution < -0.4 is 19.5 Å². The van der Waals surface area contributed by atoms with Crippen molar-refractivity contribution in [2.45, 2.75) is 6.54 Å². The molecule has 130 valence electrons. The Morgan fingerprint density at radius 3 is 2.32 bits per heavy atom. The molecule has 0 bridgehead atoms. The zero-order chi connectivity index (χ0) is 17.8. The Kier molecular flexibility index (Phi) is 4.79. The minimum absolute atomic E-state index is 0.263. The molecule has 0 atom stereocenters. The van der Waals surface area contributed by atoms with Gasteiger partial charge in [0.25, 0.3) is 5.91 Å². The van der Waals surface area contributed by atoms with Gasteiger partial charge in [0, 0.05) is 23.6 Å². The minimum Gasteiger partial charge on any atom is -0.496 e. The molecule has 0 aliphatic rings. The zero-order valence-electron chi connectivity index (χ0n) is 14.3. The molecule has 0 aliphatic carbocycles. The number of carbonyl (C=O) groups is 1. The quantitative estimate of drug-likeness (QED) is 0.744. The molecule has 1 aromatic heterocycles. The predicted molar refractivity (Wildman–Crippen MR) is 93.5 cm³/mol. The van der Waals surface area contributed by atoms with Gasteiger partial charge in [-0.3, -0.25) is 4.79 Å². The monoisotopic (exact) mass is 341 g/mol. The number of hydrogen-bond donors (Lipinski definition) is 1. The average molecular weight is 341 g/mol. The van der Waals surface area contributed by atoms with Gasteiger partial charge in [0.15, 0.2) is 17.3 Å². The maximum Gasteiger partial charge on any atom is 0.287 e. The second-order valence-electron chi connectivity index (χ2n) is 5.35. The molecule has 25 heavy (non-hydrogen) atoms. The second kappa shape index (κ2) is 7.17. The van der Waals surface area contributed by atoms with Gasteiger partial charge in [-0.05, 0) is 18.2 Å². The van der Waals surface area contributed by atoms with Crippen LogP contribution in [0.3, 0.4) is 0 Å². The van der Waals surface area contributed by atoms with Crippen LogP contribution in [0.2, 0.25) is 0 Å². The lowest BCUT2D eigenvalue weighted by Gasteiger charge is -2.14. The van der Waals surface area contributed by atoms with Gasteiger partial charge in [0.1, 0.15) is 11.3 Å². The summed E-state index contributed by atoms with van der Waals surface area (Å²) in [6, 6.07) is 12.7. The number of rotatable bonds is 6. The molecule has 0 saturated heterocycles. The van der Waals surface area contributed by atoms with Crippen molar-refractivity contribution in [2.75, 3.05) is 21.3 Å². The van der Waals surface area contributed by atoms with Crippen LogP contribution in [-0.4, -0.2) is 27.2 Å². The van der Waals surface area contributed by atoms with Crippen LogP contribution in [0, 0.1) is 0 Å². The zero-order valence-corrected chi connectivity index (χ0v) is 14.3. The van der Waals surface area contributed by atoms with Crippen molar-refractivity contribution < 1.29 is 23.4 Å². The van der Waals surface area contributed by atoms with Gasteiger partial charge in [0.05, 0.1) is 21.3 Å². The lowest BCUT2D eigenvalue weighted by Crippen LogP contribution is -2.22. The first-order valence-electron chi connectivity index (χ1n) is 7.72. The van der Waals surface area contributed by atoms with Crippen LogP contribution in [0.4, 0.5) is 0 Å². The summed E-state index contributed by atoms with van der Waals surface area (Å²) >= 11 is 0. The molecule has 1 amide bonds. The fourth-order valence-corrected chi connectivity index (χ4v) is 2.59. The Hall–Kier alpha value is -3.15. The van der Waals surface area contributed by atoms with Crippen LogP contribution in [-0.2, 0) is 6.54 Å². The van der Waals surface area contributed by atoms with Crippen molar-refractivity contribution in [1.29, 1.82) is 0 Å². The van der Waals surface area contributed by atoms with Crippen molar-refractivity contribution in [1.82, 2.24) is 5.32 Å². The first-order valence-corrected chi connectivity index (χ1v) is 7.72. The summed E-state index contributed by atoms with van der Waals surface area (Å²) in [6.07, 6.45) is 0. The molecule has 6 nitrogen and oxygen atoms in total. The maximum atomic E-state index is 12.4. The summed E-state index contributed by atoms with van der Waals surface area (Å²) < 4.78 is 21.5. The van der Waals surface area contributed by atoms with E-state index in [-0.39, 0.29) is 18.2 Å². The van der Waals surface area contributed by atoms with Crippen molar-refractivity contribution in [3.05, 3.63) is 53.8 Å². The molecule has 6 heteroatoms. The second-order valence-corrected chi connectivity index (χ2v) is 5.35. The number of methoxy groups -OCH3 is 3. The highest BCUT2D eigenvalue weighted by Gasteiger charge is 2.15. The number of furan rings is 1. The van der Waals surface area contributed by atoms with E-state index < -0.39 is 0 Å². The Bertz CT molecular complexity index is 867. The smallest absolute Gasteiger partial charge is 0.287 e. The Morgan fingerprint density at radius 1 is 0.960 bits per heavy atom. The fourth-order valence-electron chi connectivity index (χ4n) is 2.59. The van der Waals surface area contributed by atoms with Crippen LogP contribution in [0.1, 0.15) is 16.1 Å². The molecule has 1 N–H and O–H groups in total. The standard InChI is InChI=1S/C19H19NO5/c1-22-15-10-17(24-3)16(23-2)9-13(15)11-20-19(21)18-8-12-6-4-5-7-14(12)25-18/h4-10H,11H2,1-3H3,(H,20,21). The third-order valence-electron chi connectivity index (χ3n) is 3.88. The van der Waals surface area contributed by atoms with E-state index in [0.717, 1.165) is 10.9 Å².